The number of nitrogen functional groups attached to an aromatic ring is 1. The van der Waals surface area contributed by atoms with Crippen molar-refractivity contribution in [1.29, 1.82) is 0 Å². The maximum absolute atomic E-state index is 11.0. The van der Waals surface area contributed by atoms with Gasteiger partial charge in [0.15, 0.2) is 0 Å². The summed E-state index contributed by atoms with van der Waals surface area (Å²) in [6.07, 6.45) is 0. The molecule has 1 aromatic rings. The molecule has 0 radical (unpaired) electrons. The zero-order chi connectivity index (χ0) is 13.0. The Hall–Kier alpha value is -1.55. The van der Waals surface area contributed by atoms with E-state index in [1.807, 2.05) is 38.2 Å². The fourth-order valence-corrected chi connectivity index (χ4v) is 1.75. The summed E-state index contributed by atoms with van der Waals surface area (Å²) in [4.78, 5) is 13.1. The number of nitrogens with two attached hydrogens (primary N) is 2. The number of benzene rings is 1. The van der Waals surface area contributed by atoms with Gasteiger partial charge in [0, 0.05) is 24.2 Å². The van der Waals surface area contributed by atoms with E-state index >= 15 is 0 Å². The normalized spacial score (nSPS) is 14.6. The largest absolute Gasteiger partial charge is 0.399 e. The van der Waals surface area contributed by atoms with Gasteiger partial charge in [0.1, 0.15) is 0 Å². The molecule has 17 heavy (non-hydrogen) atoms. The average Bonchev–Trinajstić information content (AvgIpc) is 2.27. The van der Waals surface area contributed by atoms with Gasteiger partial charge in [-0.3, -0.25) is 9.69 Å². The summed E-state index contributed by atoms with van der Waals surface area (Å²) in [7, 11) is 1.98. The smallest absolute Gasteiger partial charge is 0.221 e. The van der Waals surface area contributed by atoms with Gasteiger partial charge in [-0.1, -0.05) is 19.1 Å². The van der Waals surface area contributed by atoms with Crippen molar-refractivity contribution in [2.45, 2.75) is 19.9 Å². The fourth-order valence-electron chi connectivity index (χ4n) is 1.75. The zero-order valence-corrected chi connectivity index (χ0v) is 10.7. The van der Waals surface area contributed by atoms with E-state index in [1.165, 1.54) is 0 Å². The Morgan fingerprint density at radius 2 is 2.06 bits per heavy atom. The summed E-state index contributed by atoms with van der Waals surface area (Å²) in [5, 5.41) is 0. The molecule has 1 aromatic carbocycles. The van der Waals surface area contributed by atoms with E-state index in [2.05, 4.69) is 11.8 Å². The third-order valence-corrected chi connectivity index (χ3v) is 3.10. The second-order valence-corrected chi connectivity index (χ2v) is 4.59. The van der Waals surface area contributed by atoms with Crippen LogP contribution in [0, 0.1) is 5.92 Å². The van der Waals surface area contributed by atoms with Crippen LogP contribution in [0.3, 0.4) is 0 Å². The Morgan fingerprint density at radius 3 is 2.59 bits per heavy atom. The quantitative estimate of drug-likeness (QED) is 0.757. The van der Waals surface area contributed by atoms with Crippen LogP contribution >= 0.6 is 0 Å². The van der Waals surface area contributed by atoms with Crippen molar-refractivity contribution >= 4 is 11.6 Å². The molecule has 0 saturated carbocycles. The van der Waals surface area contributed by atoms with Gasteiger partial charge in [-0.2, -0.15) is 0 Å². The third kappa shape index (κ3) is 3.75. The molecule has 4 N–H and O–H groups in total. The van der Waals surface area contributed by atoms with Crippen molar-refractivity contribution in [2.24, 2.45) is 11.7 Å². The minimum absolute atomic E-state index is 0.150. The molecule has 2 unspecified atom stereocenters. The number of rotatable bonds is 5. The lowest BCUT2D eigenvalue weighted by Crippen LogP contribution is -2.33. The molecule has 0 aliphatic heterocycles. The van der Waals surface area contributed by atoms with Gasteiger partial charge < -0.3 is 11.5 Å². The second kappa shape index (κ2) is 5.68. The van der Waals surface area contributed by atoms with Crippen LogP contribution in [0.5, 0.6) is 0 Å². The maximum Gasteiger partial charge on any atom is 0.221 e. The molecule has 0 saturated heterocycles. The van der Waals surface area contributed by atoms with Crippen LogP contribution in [-0.4, -0.2) is 24.4 Å². The van der Waals surface area contributed by atoms with Crippen molar-refractivity contribution in [3.8, 4) is 0 Å². The highest BCUT2D eigenvalue weighted by atomic mass is 16.1. The number of hydrogen-bond acceptors (Lipinski definition) is 3. The number of hydrogen-bond donors (Lipinski definition) is 2. The fraction of sp³-hybridized carbons (Fsp3) is 0.462. The summed E-state index contributed by atoms with van der Waals surface area (Å²) in [6, 6.07) is 8.00. The predicted octanol–water partition coefficient (Wildman–Crippen LogP) is 1.38. The Labute approximate surface area is 103 Å². The van der Waals surface area contributed by atoms with Gasteiger partial charge in [-0.15, -0.1) is 0 Å². The zero-order valence-electron chi connectivity index (χ0n) is 10.7. The van der Waals surface area contributed by atoms with Gasteiger partial charge >= 0.3 is 0 Å². The number of carbonyl (C=O) groups excluding carboxylic acids is 1. The van der Waals surface area contributed by atoms with Crippen LogP contribution in [0.2, 0.25) is 0 Å². The van der Waals surface area contributed by atoms with Gasteiger partial charge in [-0.05, 0) is 31.7 Å². The van der Waals surface area contributed by atoms with E-state index in [1.54, 1.807) is 0 Å². The molecule has 0 heterocycles. The van der Waals surface area contributed by atoms with Gasteiger partial charge in [0.05, 0.1) is 0 Å². The Bertz CT molecular complexity index is 392. The van der Waals surface area contributed by atoms with E-state index in [4.69, 9.17) is 11.5 Å². The van der Waals surface area contributed by atoms with Crippen molar-refractivity contribution < 1.29 is 4.79 Å². The van der Waals surface area contributed by atoms with Crippen LogP contribution in [-0.2, 0) is 4.79 Å². The van der Waals surface area contributed by atoms with Crippen molar-refractivity contribution in [3.63, 3.8) is 0 Å². The van der Waals surface area contributed by atoms with E-state index in [0.717, 1.165) is 11.3 Å². The summed E-state index contributed by atoms with van der Waals surface area (Å²) in [6.45, 7) is 4.57. The molecule has 0 spiro atoms. The molecular weight excluding hydrogens is 214 g/mol. The summed E-state index contributed by atoms with van der Waals surface area (Å²) in [5.74, 6) is -0.417. The molecule has 0 aliphatic rings. The van der Waals surface area contributed by atoms with E-state index in [-0.39, 0.29) is 17.9 Å². The first-order chi connectivity index (χ1) is 7.91. The second-order valence-electron chi connectivity index (χ2n) is 4.59. The van der Waals surface area contributed by atoms with Crippen LogP contribution in [0.4, 0.5) is 5.69 Å². The molecule has 1 amide bonds. The summed E-state index contributed by atoms with van der Waals surface area (Å²) < 4.78 is 0. The molecule has 4 heteroatoms. The molecule has 4 nitrogen and oxygen atoms in total. The van der Waals surface area contributed by atoms with Gasteiger partial charge in [-0.25, -0.2) is 0 Å². The number of amides is 1. The first-order valence-corrected chi connectivity index (χ1v) is 5.76. The minimum Gasteiger partial charge on any atom is -0.399 e. The lowest BCUT2D eigenvalue weighted by molar-refractivity contribution is -0.121. The van der Waals surface area contributed by atoms with Crippen molar-refractivity contribution in [2.75, 3.05) is 19.3 Å². The number of carbonyl (C=O) groups is 1. The van der Waals surface area contributed by atoms with Gasteiger partial charge in [0.2, 0.25) is 5.91 Å². The first kappa shape index (κ1) is 13.5. The topological polar surface area (TPSA) is 72.3 Å². The number of nitrogens with zero attached hydrogens (tertiary/aromatic N) is 1. The lowest BCUT2D eigenvalue weighted by atomic mass is 10.0. The Balaban J connectivity index is 2.69. The van der Waals surface area contributed by atoms with E-state index in [0.29, 0.717) is 6.54 Å². The monoisotopic (exact) mass is 235 g/mol. The van der Waals surface area contributed by atoms with Crippen molar-refractivity contribution in [1.82, 2.24) is 4.90 Å². The first-order valence-electron chi connectivity index (χ1n) is 5.76. The molecule has 0 aromatic heterocycles. The molecule has 1 rings (SSSR count). The molecule has 0 bridgehead atoms. The molecule has 2 atom stereocenters. The van der Waals surface area contributed by atoms with Crippen LogP contribution in [0.15, 0.2) is 24.3 Å². The van der Waals surface area contributed by atoms with Crippen molar-refractivity contribution in [3.05, 3.63) is 29.8 Å². The maximum atomic E-state index is 11.0. The Kier molecular flexibility index (Phi) is 4.52. The predicted molar refractivity (Wildman–Crippen MR) is 70.3 cm³/mol. The van der Waals surface area contributed by atoms with Crippen LogP contribution in [0.1, 0.15) is 25.5 Å². The highest BCUT2D eigenvalue weighted by Gasteiger charge is 2.17. The Morgan fingerprint density at radius 1 is 1.41 bits per heavy atom. The van der Waals surface area contributed by atoms with Gasteiger partial charge in [0.25, 0.3) is 0 Å². The highest BCUT2D eigenvalue weighted by Crippen LogP contribution is 2.21. The number of primary amides is 1. The summed E-state index contributed by atoms with van der Waals surface area (Å²) in [5.41, 5.74) is 12.9. The average molecular weight is 235 g/mol. The highest BCUT2D eigenvalue weighted by molar-refractivity contribution is 5.76. The van der Waals surface area contributed by atoms with Crippen LogP contribution < -0.4 is 11.5 Å². The van der Waals surface area contributed by atoms with E-state index < -0.39 is 0 Å². The third-order valence-electron chi connectivity index (χ3n) is 3.10. The summed E-state index contributed by atoms with van der Waals surface area (Å²) >= 11 is 0. The standard InChI is InChI=1S/C13H21N3O/c1-9(13(15)17)8-16(3)10(2)11-5-4-6-12(14)7-11/h4-7,9-10H,8,14H2,1-3H3,(H2,15,17). The minimum atomic E-state index is -0.267. The SMILES string of the molecule is CC(CN(C)C(C)c1cccc(N)c1)C(N)=O. The molecular formula is C13H21N3O. The van der Waals surface area contributed by atoms with E-state index in [9.17, 15) is 4.79 Å². The molecule has 0 fully saturated rings. The number of anilines is 1. The van der Waals surface area contributed by atoms with Crippen LogP contribution in [0.25, 0.3) is 0 Å². The lowest BCUT2D eigenvalue weighted by Gasteiger charge is -2.27. The molecule has 0 aliphatic carbocycles. The molecule has 94 valence electrons.